The van der Waals surface area contributed by atoms with Crippen molar-refractivity contribution in [2.45, 2.75) is 63.5 Å². The number of non-ortho nitro benzene ring substituents is 1. The molecule has 11 nitrogen and oxygen atoms in total. The van der Waals surface area contributed by atoms with E-state index in [1.54, 1.807) is 37.8 Å². The van der Waals surface area contributed by atoms with Gasteiger partial charge in [-0.25, -0.2) is 14.0 Å². The quantitative estimate of drug-likeness (QED) is 0.228. The molecule has 2 aliphatic rings. The number of ether oxygens (including phenoxy) is 3. The molecular formula is C33H34FN3O8. The summed E-state index contributed by atoms with van der Waals surface area (Å²) in [5.74, 6) is -1.49. The van der Waals surface area contributed by atoms with Crippen LogP contribution in [0.25, 0.3) is 0 Å². The zero-order valence-corrected chi connectivity index (χ0v) is 25.1. The zero-order chi connectivity index (χ0) is 32.3. The van der Waals surface area contributed by atoms with E-state index < -0.39 is 46.9 Å². The zero-order valence-electron chi connectivity index (χ0n) is 25.1. The van der Waals surface area contributed by atoms with E-state index in [0.29, 0.717) is 13.0 Å². The summed E-state index contributed by atoms with van der Waals surface area (Å²) >= 11 is 0. The number of hydrogen-bond donors (Lipinski definition) is 1. The summed E-state index contributed by atoms with van der Waals surface area (Å²) in [5.41, 5.74) is 1.84. The number of nitrogens with one attached hydrogen (secondary N) is 1. The van der Waals surface area contributed by atoms with Gasteiger partial charge >= 0.3 is 12.1 Å². The Morgan fingerprint density at radius 3 is 2.38 bits per heavy atom. The molecule has 236 valence electrons. The van der Waals surface area contributed by atoms with Crippen molar-refractivity contribution in [2.75, 3.05) is 13.2 Å². The third-order valence-corrected chi connectivity index (χ3v) is 7.68. The van der Waals surface area contributed by atoms with Gasteiger partial charge in [0.1, 0.15) is 23.6 Å². The van der Waals surface area contributed by atoms with E-state index in [1.165, 1.54) is 36.4 Å². The Bertz CT molecular complexity index is 1570. The Balaban J connectivity index is 1.37. The van der Waals surface area contributed by atoms with Crippen molar-refractivity contribution in [3.8, 4) is 0 Å². The molecule has 0 aromatic heterocycles. The second-order valence-electron chi connectivity index (χ2n) is 12.0. The Kier molecular flexibility index (Phi) is 9.14. The number of fused-ring (bicyclic) bond motifs is 1. The molecule has 0 aliphatic carbocycles. The van der Waals surface area contributed by atoms with Crippen LogP contribution in [0.3, 0.4) is 0 Å². The summed E-state index contributed by atoms with van der Waals surface area (Å²) in [7, 11) is 0. The number of esters is 1. The van der Waals surface area contributed by atoms with Crippen LogP contribution >= 0.6 is 0 Å². The molecule has 1 fully saturated rings. The maximum atomic E-state index is 14.1. The lowest BCUT2D eigenvalue weighted by Gasteiger charge is -2.42. The van der Waals surface area contributed by atoms with Crippen LogP contribution in [-0.4, -0.2) is 64.8 Å². The number of nitrogens with zero attached hydrogens (tertiary/aromatic N) is 2. The van der Waals surface area contributed by atoms with E-state index in [9.17, 15) is 28.9 Å². The van der Waals surface area contributed by atoms with Crippen molar-refractivity contribution in [1.82, 2.24) is 10.2 Å². The number of alkyl carbamates (subject to hydrolysis) is 1. The summed E-state index contributed by atoms with van der Waals surface area (Å²) in [6.45, 7) is 5.30. The molecule has 0 saturated carbocycles. The lowest BCUT2D eigenvalue weighted by molar-refractivity contribution is -0.384. The van der Waals surface area contributed by atoms with Crippen LogP contribution in [0.15, 0.2) is 72.8 Å². The third-order valence-electron chi connectivity index (χ3n) is 7.68. The molecular weight excluding hydrogens is 585 g/mol. The monoisotopic (exact) mass is 619 g/mol. The molecule has 1 N–H and O–H groups in total. The van der Waals surface area contributed by atoms with Gasteiger partial charge in [0, 0.05) is 25.1 Å². The fourth-order valence-electron chi connectivity index (χ4n) is 5.59. The number of amides is 2. The van der Waals surface area contributed by atoms with Gasteiger partial charge < -0.3 is 24.4 Å². The van der Waals surface area contributed by atoms with Crippen molar-refractivity contribution < 1.29 is 37.9 Å². The van der Waals surface area contributed by atoms with E-state index in [4.69, 9.17) is 14.2 Å². The molecule has 4 atom stereocenters. The summed E-state index contributed by atoms with van der Waals surface area (Å²) < 4.78 is 30.9. The first-order valence-corrected chi connectivity index (χ1v) is 14.6. The number of benzene rings is 3. The predicted molar refractivity (Wildman–Crippen MR) is 160 cm³/mol. The predicted octanol–water partition coefficient (Wildman–Crippen LogP) is 5.12. The van der Waals surface area contributed by atoms with Crippen molar-refractivity contribution in [1.29, 1.82) is 0 Å². The Hall–Kier alpha value is -4.84. The normalized spacial score (nSPS) is 21.3. The van der Waals surface area contributed by atoms with Gasteiger partial charge in [-0.05, 0) is 68.1 Å². The highest BCUT2D eigenvalue weighted by Crippen LogP contribution is 2.36. The van der Waals surface area contributed by atoms with Gasteiger partial charge in [-0.1, -0.05) is 36.4 Å². The molecule has 5 rings (SSSR count). The number of halogens is 1. The first-order valence-electron chi connectivity index (χ1n) is 14.6. The number of carbonyl (C=O) groups excluding carboxylic acids is 3. The van der Waals surface area contributed by atoms with Gasteiger partial charge in [0.05, 0.1) is 29.2 Å². The summed E-state index contributed by atoms with van der Waals surface area (Å²) in [5, 5.41) is 13.7. The Morgan fingerprint density at radius 1 is 1.02 bits per heavy atom. The minimum atomic E-state index is -0.993. The van der Waals surface area contributed by atoms with Gasteiger partial charge in [0.25, 0.3) is 11.6 Å². The van der Waals surface area contributed by atoms with Crippen molar-refractivity contribution in [2.24, 2.45) is 0 Å². The summed E-state index contributed by atoms with van der Waals surface area (Å²) in [6, 6.07) is 17.4. The molecule has 2 aliphatic heterocycles. The SMILES string of the molecule is CC(C)(C)OC(=O)N[C@H]1C[C@H](C(=O)N2CCc3ccccc3[C@@H]2c2ccc(F)cc2)OC[C@@H]1OC(=O)c1ccc([N+](=O)[O-])cc1. The molecule has 0 radical (unpaired) electrons. The highest BCUT2D eigenvalue weighted by molar-refractivity contribution is 5.90. The summed E-state index contributed by atoms with van der Waals surface area (Å²) in [4.78, 5) is 52.0. The fourth-order valence-corrected chi connectivity index (χ4v) is 5.59. The lowest BCUT2D eigenvalue weighted by atomic mass is 9.87. The number of carbonyl (C=O) groups is 3. The van der Waals surface area contributed by atoms with Crippen LogP contribution in [0.5, 0.6) is 0 Å². The third kappa shape index (κ3) is 7.46. The first kappa shape index (κ1) is 31.6. The van der Waals surface area contributed by atoms with E-state index >= 15 is 0 Å². The molecule has 3 aromatic carbocycles. The standard InChI is InChI=1S/C33H34FN3O8/c1-33(2,3)45-32(40)35-26-18-27(43-19-28(26)44-31(39)22-10-14-24(15-11-22)37(41)42)30(38)36-17-16-20-6-4-5-7-25(20)29(36)21-8-12-23(34)13-9-21/h4-15,26-29H,16-19H2,1-3H3,(H,35,40)/t26-,27+,28-,29-/m0/s1. The average molecular weight is 620 g/mol. The van der Waals surface area contributed by atoms with Crippen molar-refractivity contribution in [3.63, 3.8) is 0 Å². The topological polar surface area (TPSA) is 137 Å². The van der Waals surface area contributed by atoms with Gasteiger partial charge in [0.15, 0.2) is 0 Å². The number of rotatable bonds is 6. The smallest absolute Gasteiger partial charge is 0.408 e. The van der Waals surface area contributed by atoms with Crippen LogP contribution in [0, 0.1) is 15.9 Å². The van der Waals surface area contributed by atoms with E-state index in [0.717, 1.165) is 16.7 Å². The molecule has 2 amide bonds. The maximum Gasteiger partial charge on any atom is 0.408 e. The van der Waals surface area contributed by atoms with Gasteiger partial charge in [-0.15, -0.1) is 0 Å². The highest BCUT2D eigenvalue weighted by atomic mass is 19.1. The Morgan fingerprint density at radius 2 is 1.71 bits per heavy atom. The van der Waals surface area contributed by atoms with Crippen molar-refractivity contribution in [3.05, 3.63) is 111 Å². The maximum absolute atomic E-state index is 14.1. The average Bonchev–Trinajstić information content (AvgIpc) is 3.00. The van der Waals surface area contributed by atoms with E-state index in [-0.39, 0.29) is 36.0 Å². The molecule has 0 unspecified atom stereocenters. The lowest BCUT2D eigenvalue weighted by Crippen LogP contribution is -2.57. The van der Waals surface area contributed by atoms with Crippen LogP contribution < -0.4 is 5.32 Å². The van der Waals surface area contributed by atoms with Gasteiger partial charge in [-0.2, -0.15) is 0 Å². The molecule has 0 spiro atoms. The minimum Gasteiger partial charge on any atom is -0.454 e. The minimum absolute atomic E-state index is 0.0232. The van der Waals surface area contributed by atoms with E-state index in [2.05, 4.69) is 5.32 Å². The molecule has 2 heterocycles. The Labute approximate surface area is 259 Å². The number of nitro groups is 1. The van der Waals surface area contributed by atoms with Crippen LogP contribution in [0.2, 0.25) is 0 Å². The fraction of sp³-hybridized carbons (Fsp3) is 0.364. The van der Waals surface area contributed by atoms with Gasteiger partial charge in [-0.3, -0.25) is 14.9 Å². The second kappa shape index (κ2) is 13.0. The van der Waals surface area contributed by atoms with E-state index in [1.807, 2.05) is 24.3 Å². The van der Waals surface area contributed by atoms with Gasteiger partial charge in [0.2, 0.25) is 0 Å². The number of nitro benzene ring substituents is 1. The highest BCUT2D eigenvalue weighted by Gasteiger charge is 2.42. The molecule has 1 saturated heterocycles. The number of hydrogen-bond acceptors (Lipinski definition) is 8. The molecule has 45 heavy (non-hydrogen) atoms. The summed E-state index contributed by atoms with van der Waals surface area (Å²) in [6.07, 6.45) is -2.15. The van der Waals surface area contributed by atoms with Crippen LogP contribution in [0.4, 0.5) is 14.9 Å². The van der Waals surface area contributed by atoms with Crippen molar-refractivity contribution >= 4 is 23.7 Å². The largest absolute Gasteiger partial charge is 0.454 e. The van der Waals surface area contributed by atoms with Crippen LogP contribution in [-0.2, 0) is 25.4 Å². The second-order valence-corrected chi connectivity index (χ2v) is 12.0. The molecule has 3 aromatic rings. The molecule has 0 bridgehead atoms. The first-order chi connectivity index (χ1) is 21.4. The molecule has 12 heteroatoms. The van der Waals surface area contributed by atoms with Crippen LogP contribution in [0.1, 0.15) is 60.3 Å².